The summed E-state index contributed by atoms with van der Waals surface area (Å²) in [5, 5.41) is 7.50. The van der Waals surface area contributed by atoms with Crippen molar-refractivity contribution in [2.75, 3.05) is 11.9 Å². The monoisotopic (exact) mass is 204 g/mol. The molecule has 0 aliphatic carbocycles. The third-order valence-corrected chi connectivity index (χ3v) is 1.33. The predicted octanol–water partition coefficient (Wildman–Crippen LogP) is 1.49. The molecule has 56 valence electrons. The number of rotatable bonds is 3. The highest BCUT2D eigenvalue weighted by Gasteiger charge is 1.95. The van der Waals surface area contributed by atoms with E-state index >= 15 is 0 Å². The van der Waals surface area contributed by atoms with Gasteiger partial charge in [-0.3, -0.25) is 5.10 Å². The molecule has 0 saturated heterocycles. The van der Waals surface area contributed by atoms with Crippen molar-refractivity contribution in [2.24, 2.45) is 0 Å². The smallest absolute Gasteiger partial charge is 0.232 e. The third kappa shape index (κ3) is 2.02. The number of H-pyrrole nitrogens is 1. The SMILES string of the molecule is Cc1cc(OCCBr)n[nH]1. The van der Waals surface area contributed by atoms with Crippen LogP contribution < -0.4 is 4.74 Å². The summed E-state index contributed by atoms with van der Waals surface area (Å²) in [7, 11) is 0. The number of aryl methyl sites for hydroxylation is 1. The van der Waals surface area contributed by atoms with Crippen LogP contribution in [0.25, 0.3) is 0 Å². The zero-order chi connectivity index (χ0) is 7.40. The molecule has 10 heavy (non-hydrogen) atoms. The van der Waals surface area contributed by atoms with Crippen LogP contribution in [0.15, 0.2) is 6.07 Å². The van der Waals surface area contributed by atoms with Crippen molar-refractivity contribution in [3.63, 3.8) is 0 Å². The minimum absolute atomic E-state index is 0.657. The highest BCUT2D eigenvalue weighted by atomic mass is 79.9. The zero-order valence-corrected chi connectivity index (χ0v) is 7.31. The molecule has 4 heteroatoms. The van der Waals surface area contributed by atoms with E-state index in [9.17, 15) is 0 Å². The van der Waals surface area contributed by atoms with Gasteiger partial charge in [-0.25, -0.2) is 0 Å². The average molecular weight is 205 g/mol. The third-order valence-electron chi connectivity index (χ3n) is 1.01. The van der Waals surface area contributed by atoms with E-state index in [4.69, 9.17) is 4.74 Å². The van der Waals surface area contributed by atoms with Gasteiger partial charge in [-0.1, -0.05) is 15.9 Å². The number of nitrogens with zero attached hydrogens (tertiary/aromatic N) is 1. The fourth-order valence-electron chi connectivity index (χ4n) is 0.610. The second-order valence-electron chi connectivity index (χ2n) is 1.93. The number of alkyl halides is 1. The first-order chi connectivity index (χ1) is 4.83. The molecule has 0 aromatic carbocycles. The molecule has 0 fully saturated rings. The summed E-state index contributed by atoms with van der Waals surface area (Å²) in [4.78, 5) is 0. The number of hydrogen-bond acceptors (Lipinski definition) is 2. The van der Waals surface area contributed by atoms with E-state index in [0.29, 0.717) is 12.5 Å². The summed E-state index contributed by atoms with van der Waals surface area (Å²) in [5.74, 6) is 0.664. The molecule has 0 saturated carbocycles. The molecule has 0 spiro atoms. The molecule has 1 N–H and O–H groups in total. The van der Waals surface area contributed by atoms with E-state index in [-0.39, 0.29) is 0 Å². The van der Waals surface area contributed by atoms with Crippen molar-refractivity contribution in [1.29, 1.82) is 0 Å². The van der Waals surface area contributed by atoms with Gasteiger partial charge in [0.2, 0.25) is 5.88 Å². The first-order valence-corrected chi connectivity index (χ1v) is 4.16. The van der Waals surface area contributed by atoms with Crippen LogP contribution in [0.5, 0.6) is 5.88 Å². The molecule has 1 aromatic heterocycles. The van der Waals surface area contributed by atoms with E-state index in [2.05, 4.69) is 26.1 Å². The van der Waals surface area contributed by atoms with Gasteiger partial charge in [0.15, 0.2) is 0 Å². The minimum atomic E-state index is 0.657. The molecule has 0 bridgehead atoms. The van der Waals surface area contributed by atoms with E-state index in [1.807, 2.05) is 13.0 Å². The number of halogens is 1. The maximum Gasteiger partial charge on any atom is 0.232 e. The lowest BCUT2D eigenvalue weighted by Gasteiger charge is -1.95. The molecule has 1 heterocycles. The van der Waals surface area contributed by atoms with Gasteiger partial charge in [-0.2, -0.15) is 0 Å². The Morgan fingerprint density at radius 1 is 1.80 bits per heavy atom. The van der Waals surface area contributed by atoms with Gasteiger partial charge in [0.25, 0.3) is 0 Å². The maximum atomic E-state index is 5.19. The topological polar surface area (TPSA) is 37.9 Å². The van der Waals surface area contributed by atoms with Crippen molar-refractivity contribution in [1.82, 2.24) is 10.2 Å². The van der Waals surface area contributed by atoms with Crippen LogP contribution in [0.1, 0.15) is 5.69 Å². The Morgan fingerprint density at radius 3 is 3.10 bits per heavy atom. The van der Waals surface area contributed by atoms with E-state index in [0.717, 1.165) is 11.0 Å². The van der Waals surface area contributed by atoms with Gasteiger partial charge >= 0.3 is 0 Å². The summed E-state index contributed by atoms with van der Waals surface area (Å²) >= 11 is 3.25. The van der Waals surface area contributed by atoms with E-state index in [1.54, 1.807) is 0 Å². The largest absolute Gasteiger partial charge is 0.476 e. The van der Waals surface area contributed by atoms with E-state index < -0.39 is 0 Å². The first-order valence-electron chi connectivity index (χ1n) is 3.03. The lowest BCUT2D eigenvalue weighted by molar-refractivity contribution is 0.331. The van der Waals surface area contributed by atoms with Crippen LogP contribution >= 0.6 is 15.9 Å². The van der Waals surface area contributed by atoms with Crippen molar-refractivity contribution in [3.05, 3.63) is 11.8 Å². The molecular formula is C6H9BrN2O. The number of aromatic amines is 1. The summed E-state index contributed by atoms with van der Waals surface area (Å²) in [5.41, 5.74) is 1.02. The molecule has 0 atom stereocenters. The van der Waals surface area contributed by atoms with Crippen molar-refractivity contribution in [2.45, 2.75) is 6.92 Å². The molecule has 0 aliphatic rings. The average Bonchev–Trinajstić information content (AvgIpc) is 2.31. The predicted molar refractivity (Wildman–Crippen MR) is 42.6 cm³/mol. The molecule has 1 rings (SSSR count). The summed E-state index contributed by atoms with van der Waals surface area (Å²) in [6, 6.07) is 1.86. The molecule has 1 aromatic rings. The lowest BCUT2D eigenvalue weighted by Crippen LogP contribution is -1.97. The highest BCUT2D eigenvalue weighted by molar-refractivity contribution is 9.09. The Morgan fingerprint density at radius 2 is 2.60 bits per heavy atom. The van der Waals surface area contributed by atoms with Crippen LogP contribution in [0.4, 0.5) is 0 Å². The molecule has 0 unspecified atom stereocenters. The van der Waals surface area contributed by atoms with Crippen LogP contribution in [0.3, 0.4) is 0 Å². The standard InChI is InChI=1S/C6H9BrN2O/c1-5-4-6(9-8-5)10-3-2-7/h4H,2-3H2,1H3,(H,8,9). The molecule has 3 nitrogen and oxygen atoms in total. The number of nitrogens with one attached hydrogen (secondary N) is 1. The number of hydrogen-bond donors (Lipinski definition) is 1. The van der Waals surface area contributed by atoms with Gasteiger partial charge < -0.3 is 4.74 Å². The van der Waals surface area contributed by atoms with Crippen molar-refractivity contribution >= 4 is 15.9 Å². The Balaban J connectivity index is 2.42. The van der Waals surface area contributed by atoms with Crippen LogP contribution in [-0.2, 0) is 0 Å². The van der Waals surface area contributed by atoms with Gasteiger partial charge in [-0.15, -0.1) is 5.10 Å². The Bertz CT molecular complexity index is 199. The van der Waals surface area contributed by atoms with Crippen molar-refractivity contribution < 1.29 is 4.74 Å². The van der Waals surface area contributed by atoms with Gasteiger partial charge in [0.1, 0.15) is 0 Å². The zero-order valence-electron chi connectivity index (χ0n) is 5.72. The Kier molecular flexibility index (Phi) is 2.74. The van der Waals surface area contributed by atoms with Crippen LogP contribution in [-0.4, -0.2) is 22.1 Å². The fraction of sp³-hybridized carbons (Fsp3) is 0.500. The second-order valence-corrected chi connectivity index (χ2v) is 2.72. The number of aromatic nitrogens is 2. The highest BCUT2D eigenvalue weighted by Crippen LogP contribution is 2.06. The quantitative estimate of drug-likeness (QED) is 0.759. The minimum Gasteiger partial charge on any atom is -0.476 e. The van der Waals surface area contributed by atoms with E-state index in [1.165, 1.54) is 0 Å². The molecule has 0 amide bonds. The van der Waals surface area contributed by atoms with Gasteiger partial charge in [0.05, 0.1) is 6.61 Å². The Labute approximate surface area is 67.9 Å². The van der Waals surface area contributed by atoms with Crippen LogP contribution in [0.2, 0.25) is 0 Å². The summed E-state index contributed by atoms with van der Waals surface area (Å²) in [6.45, 7) is 2.60. The molecule has 0 radical (unpaired) electrons. The molecule has 0 aliphatic heterocycles. The lowest BCUT2D eigenvalue weighted by atomic mass is 10.5. The van der Waals surface area contributed by atoms with Gasteiger partial charge in [-0.05, 0) is 6.92 Å². The van der Waals surface area contributed by atoms with Crippen molar-refractivity contribution in [3.8, 4) is 5.88 Å². The molecular weight excluding hydrogens is 196 g/mol. The Hall–Kier alpha value is -0.510. The van der Waals surface area contributed by atoms with Crippen LogP contribution in [0, 0.1) is 6.92 Å². The number of ether oxygens (including phenoxy) is 1. The summed E-state index contributed by atoms with van der Waals surface area (Å²) in [6.07, 6.45) is 0. The summed E-state index contributed by atoms with van der Waals surface area (Å²) < 4.78 is 5.19. The van der Waals surface area contributed by atoms with Gasteiger partial charge in [0, 0.05) is 17.1 Å². The maximum absolute atomic E-state index is 5.19. The normalized spacial score (nSPS) is 9.80. The fourth-order valence-corrected chi connectivity index (χ4v) is 0.772. The second kappa shape index (κ2) is 3.61. The first kappa shape index (κ1) is 7.60.